The van der Waals surface area contributed by atoms with Crippen LogP contribution in [0.4, 0.5) is 13.2 Å². The predicted molar refractivity (Wildman–Crippen MR) is 81.3 cm³/mol. The number of amides is 1. The van der Waals surface area contributed by atoms with Crippen LogP contribution in [0, 0.1) is 11.8 Å². The summed E-state index contributed by atoms with van der Waals surface area (Å²) >= 11 is 0. The molecule has 2 atom stereocenters. The standard InChI is InChI=1S/C17H20F3NO3/c1-11(8-12-4-2-6-14(9-12)17(18,19)20)15(22)21-7-3-5-13(10-21)16(23)24/h2,4,6,9,11,13H,3,5,7-8,10H2,1H3,(H,23,24). The van der Waals surface area contributed by atoms with Gasteiger partial charge < -0.3 is 10.0 Å². The number of rotatable bonds is 4. The number of carbonyl (C=O) groups excluding carboxylic acids is 1. The first-order valence-electron chi connectivity index (χ1n) is 7.86. The maximum atomic E-state index is 12.7. The molecule has 1 aliphatic heterocycles. The van der Waals surface area contributed by atoms with Gasteiger partial charge in [0.25, 0.3) is 0 Å². The minimum Gasteiger partial charge on any atom is -0.481 e. The number of piperidine rings is 1. The molecule has 1 aromatic rings. The van der Waals surface area contributed by atoms with E-state index in [2.05, 4.69) is 0 Å². The first kappa shape index (κ1) is 18.3. The van der Waals surface area contributed by atoms with Crippen LogP contribution in [-0.4, -0.2) is 35.0 Å². The van der Waals surface area contributed by atoms with Gasteiger partial charge in [-0.1, -0.05) is 25.1 Å². The first-order chi connectivity index (χ1) is 11.2. The van der Waals surface area contributed by atoms with Crippen molar-refractivity contribution in [2.45, 2.75) is 32.4 Å². The van der Waals surface area contributed by atoms with Gasteiger partial charge in [-0.25, -0.2) is 0 Å². The molecular weight excluding hydrogens is 323 g/mol. The van der Waals surface area contributed by atoms with Crippen LogP contribution >= 0.6 is 0 Å². The van der Waals surface area contributed by atoms with E-state index in [1.165, 1.54) is 11.0 Å². The first-order valence-corrected chi connectivity index (χ1v) is 7.86. The van der Waals surface area contributed by atoms with Crippen molar-refractivity contribution in [3.63, 3.8) is 0 Å². The Labute approximate surface area is 138 Å². The van der Waals surface area contributed by atoms with Crippen LogP contribution < -0.4 is 0 Å². The molecule has 1 saturated heterocycles. The molecule has 0 spiro atoms. The Morgan fingerprint density at radius 3 is 2.71 bits per heavy atom. The van der Waals surface area contributed by atoms with Crippen LogP contribution in [0.2, 0.25) is 0 Å². The third kappa shape index (κ3) is 4.49. The van der Waals surface area contributed by atoms with Crippen molar-refractivity contribution in [1.29, 1.82) is 0 Å². The summed E-state index contributed by atoms with van der Waals surface area (Å²) < 4.78 is 38.2. The van der Waals surface area contributed by atoms with Crippen LogP contribution in [0.25, 0.3) is 0 Å². The zero-order valence-corrected chi connectivity index (χ0v) is 13.3. The van der Waals surface area contributed by atoms with Crippen molar-refractivity contribution >= 4 is 11.9 Å². The lowest BCUT2D eigenvalue weighted by Crippen LogP contribution is -2.44. The fourth-order valence-corrected chi connectivity index (χ4v) is 3.01. The normalized spacial score (nSPS) is 19.8. The van der Waals surface area contributed by atoms with Gasteiger partial charge in [0.1, 0.15) is 0 Å². The van der Waals surface area contributed by atoms with E-state index in [1.54, 1.807) is 13.0 Å². The molecule has 24 heavy (non-hydrogen) atoms. The predicted octanol–water partition coefficient (Wildman–Crippen LogP) is 3.21. The summed E-state index contributed by atoms with van der Waals surface area (Å²) in [5.41, 5.74) is -0.291. The number of aliphatic carboxylic acids is 1. The zero-order chi connectivity index (χ0) is 17.9. The molecule has 2 rings (SSSR count). The molecule has 1 aliphatic rings. The zero-order valence-electron chi connectivity index (χ0n) is 13.3. The molecule has 0 aliphatic carbocycles. The van der Waals surface area contributed by atoms with E-state index < -0.39 is 29.5 Å². The number of hydrogen-bond donors (Lipinski definition) is 1. The van der Waals surface area contributed by atoms with Crippen LogP contribution in [0.3, 0.4) is 0 Å². The average Bonchev–Trinajstić information content (AvgIpc) is 2.53. The molecule has 1 N–H and O–H groups in total. The van der Waals surface area contributed by atoms with Crippen LogP contribution in [0.1, 0.15) is 30.9 Å². The molecule has 2 unspecified atom stereocenters. The van der Waals surface area contributed by atoms with Crippen LogP contribution in [0.5, 0.6) is 0 Å². The van der Waals surface area contributed by atoms with Crippen molar-refractivity contribution in [2.75, 3.05) is 13.1 Å². The number of alkyl halides is 3. The second kappa shape index (κ2) is 7.23. The summed E-state index contributed by atoms with van der Waals surface area (Å²) in [6.45, 7) is 2.32. The molecule has 1 aromatic carbocycles. The van der Waals surface area contributed by atoms with Gasteiger partial charge in [-0.2, -0.15) is 13.2 Å². The Hall–Kier alpha value is -2.05. The molecule has 0 bridgehead atoms. The van der Waals surface area contributed by atoms with E-state index >= 15 is 0 Å². The highest BCUT2D eigenvalue weighted by Crippen LogP contribution is 2.30. The van der Waals surface area contributed by atoms with Crippen LogP contribution in [-0.2, 0) is 22.2 Å². The Balaban J connectivity index is 2.02. The highest BCUT2D eigenvalue weighted by Gasteiger charge is 2.32. The fraction of sp³-hybridized carbons (Fsp3) is 0.529. The summed E-state index contributed by atoms with van der Waals surface area (Å²) in [6.07, 6.45) is -3.05. The quantitative estimate of drug-likeness (QED) is 0.913. The molecule has 1 amide bonds. The van der Waals surface area contributed by atoms with Gasteiger partial charge in [-0.05, 0) is 30.9 Å². The van der Waals surface area contributed by atoms with Gasteiger partial charge in [0, 0.05) is 19.0 Å². The van der Waals surface area contributed by atoms with Crippen LogP contribution in [0.15, 0.2) is 24.3 Å². The molecule has 0 aromatic heterocycles. The number of nitrogens with zero attached hydrogens (tertiary/aromatic N) is 1. The third-order valence-electron chi connectivity index (χ3n) is 4.30. The molecule has 0 saturated carbocycles. The van der Waals surface area contributed by atoms with Crippen molar-refractivity contribution in [1.82, 2.24) is 4.90 Å². The lowest BCUT2D eigenvalue weighted by Gasteiger charge is -2.32. The number of halogens is 3. The summed E-state index contributed by atoms with van der Waals surface area (Å²) in [7, 11) is 0. The summed E-state index contributed by atoms with van der Waals surface area (Å²) in [6, 6.07) is 4.95. The van der Waals surface area contributed by atoms with Gasteiger partial charge in [0.05, 0.1) is 11.5 Å². The van der Waals surface area contributed by atoms with Crippen molar-refractivity contribution < 1.29 is 27.9 Å². The number of benzene rings is 1. The minimum absolute atomic E-state index is 0.168. The van der Waals surface area contributed by atoms with E-state index in [1.807, 2.05) is 0 Å². The molecule has 0 radical (unpaired) electrons. The Morgan fingerprint density at radius 1 is 1.38 bits per heavy atom. The fourth-order valence-electron chi connectivity index (χ4n) is 3.01. The largest absolute Gasteiger partial charge is 0.481 e. The van der Waals surface area contributed by atoms with E-state index in [0.717, 1.165) is 12.1 Å². The second-order valence-electron chi connectivity index (χ2n) is 6.26. The smallest absolute Gasteiger partial charge is 0.416 e. The van der Waals surface area contributed by atoms with Crippen molar-refractivity contribution in [3.8, 4) is 0 Å². The Bertz CT molecular complexity index is 615. The SMILES string of the molecule is CC(Cc1cccc(C(F)(F)F)c1)C(=O)N1CCCC(C(=O)O)C1. The number of carbonyl (C=O) groups is 2. The lowest BCUT2D eigenvalue weighted by molar-refractivity contribution is -0.146. The molecular formula is C17H20F3NO3. The highest BCUT2D eigenvalue weighted by atomic mass is 19.4. The van der Waals surface area contributed by atoms with Gasteiger partial charge >= 0.3 is 12.1 Å². The summed E-state index contributed by atoms with van der Waals surface area (Å²) in [5, 5.41) is 9.07. The minimum atomic E-state index is -4.41. The van der Waals surface area contributed by atoms with Gasteiger partial charge in [0.2, 0.25) is 5.91 Å². The van der Waals surface area contributed by atoms with E-state index in [-0.39, 0.29) is 18.9 Å². The summed E-state index contributed by atoms with van der Waals surface area (Å²) in [5.74, 6) is -2.19. The molecule has 7 heteroatoms. The van der Waals surface area contributed by atoms with Crippen molar-refractivity contribution in [2.24, 2.45) is 11.8 Å². The molecule has 1 heterocycles. The highest BCUT2D eigenvalue weighted by molar-refractivity contribution is 5.80. The van der Waals surface area contributed by atoms with Crippen molar-refractivity contribution in [3.05, 3.63) is 35.4 Å². The topological polar surface area (TPSA) is 57.6 Å². The second-order valence-corrected chi connectivity index (χ2v) is 6.26. The number of hydrogen-bond acceptors (Lipinski definition) is 2. The number of carboxylic acid groups (broad SMARTS) is 1. The molecule has 1 fully saturated rings. The van der Waals surface area contributed by atoms with E-state index in [9.17, 15) is 22.8 Å². The monoisotopic (exact) mass is 343 g/mol. The van der Waals surface area contributed by atoms with E-state index in [0.29, 0.717) is 24.9 Å². The average molecular weight is 343 g/mol. The Morgan fingerprint density at radius 2 is 2.08 bits per heavy atom. The number of carboxylic acids is 1. The summed E-state index contributed by atoms with van der Waals surface area (Å²) in [4.78, 5) is 25.0. The third-order valence-corrected chi connectivity index (χ3v) is 4.30. The Kier molecular flexibility index (Phi) is 5.51. The van der Waals surface area contributed by atoms with Gasteiger partial charge in [-0.15, -0.1) is 0 Å². The van der Waals surface area contributed by atoms with Gasteiger partial charge in [0.15, 0.2) is 0 Å². The van der Waals surface area contributed by atoms with E-state index in [4.69, 9.17) is 5.11 Å². The van der Waals surface area contributed by atoms with Gasteiger partial charge in [-0.3, -0.25) is 9.59 Å². The maximum absolute atomic E-state index is 12.7. The lowest BCUT2D eigenvalue weighted by atomic mass is 9.94. The maximum Gasteiger partial charge on any atom is 0.416 e. The molecule has 4 nitrogen and oxygen atoms in total. The number of likely N-dealkylation sites (tertiary alicyclic amines) is 1. The molecule has 132 valence electrons.